The van der Waals surface area contributed by atoms with Gasteiger partial charge >= 0.3 is 0 Å². The molecule has 2 aliphatic rings. The van der Waals surface area contributed by atoms with Crippen LogP contribution in [0.4, 0.5) is 4.39 Å². The predicted molar refractivity (Wildman–Crippen MR) is 125 cm³/mol. The number of rotatable bonds is 4. The molecule has 2 bridgehead atoms. The van der Waals surface area contributed by atoms with Gasteiger partial charge in [-0.25, -0.2) is 4.39 Å². The first kappa shape index (κ1) is 22.6. The predicted octanol–water partition coefficient (Wildman–Crippen LogP) is 4.08. The van der Waals surface area contributed by atoms with Crippen LogP contribution in [0.25, 0.3) is 22.2 Å². The summed E-state index contributed by atoms with van der Waals surface area (Å²) in [5, 5.41) is 23.0. The van der Waals surface area contributed by atoms with Gasteiger partial charge in [-0.15, -0.1) is 10.2 Å². The second-order valence-electron chi connectivity index (χ2n) is 10.2. The van der Waals surface area contributed by atoms with E-state index in [0.717, 1.165) is 19.3 Å². The molecule has 1 amide bonds. The fraction of sp³-hybridized carbons (Fsp3) is 0.480. The molecule has 8 nitrogen and oxygen atoms in total. The first-order chi connectivity index (χ1) is 16.1. The third-order valence-corrected chi connectivity index (χ3v) is 7.04. The molecular weight excluding hydrogens is 439 g/mol. The second kappa shape index (κ2) is 7.94. The molecule has 0 radical (unpaired) electrons. The first-order valence-corrected chi connectivity index (χ1v) is 11.5. The number of benzene rings is 1. The normalized spacial score (nSPS) is 28.6. The van der Waals surface area contributed by atoms with E-state index >= 15 is 4.39 Å². The van der Waals surface area contributed by atoms with Crippen molar-refractivity contribution in [3.63, 3.8) is 0 Å². The lowest BCUT2D eigenvalue weighted by molar-refractivity contribution is -0.0626. The monoisotopic (exact) mass is 468 g/mol. The van der Waals surface area contributed by atoms with Crippen molar-refractivity contribution in [2.45, 2.75) is 62.9 Å². The number of furan rings is 1. The number of carbonyl (C=O) groups excluding carboxylic acids is 1. The number of aromatic nitrogens is 2. The molecule has 1 aromatic carbocycles. The zero-order chi connectivity index (χ0) is 24.3. The molecule has 0 unspecified atom stereocenters. The third kappa shape index (κ3) is 3.87. The Labute approximate surface area is 197 Å². The van der Waals surface area contributed by atoms with Crippen LogP contribution in [0.15, 0.2) is 34.7 Å². The van der Waals surface area contributed by atoms with Gasteiger partial charge in [0.05, 0.1) is 11.2 Å². The molecule has 2 saturated heterocycles. The number of phenolic OH excluding ortho intramolecular Hbond substituents is 1. The Morgan fingerprint density at radius 3 is 2.74 bits per heavy atom. The van der Waals surface area contributed by atoms with Crippen molar-refractivity contribution in [1.29, 1.82) is 0 Å². The van der Waals surface area contributed by atoms with E-state index in [1.165, 1.54) is 11.0 Å². The summed E-state index contributed by atoms with van der Waals surface area (Å²) in [4.78, 5) is 13.6. The van der Waals surface area contributed by atoms with E-state index in [-0.39, 0.29) is 28.8 Å². The van der Waals surface area contributed by atoms with Crippen LogP contribution in [-0.4, -0.2) is 63.6 Å². The number of nitrogens with zero attached hydrogens (tertiary/aromatic N) is 3. The van der Waals surface area contributed by atoms with Crippen molar-refractivity contribution in [3.05, 3.63) is 36.1 Å². The van der Waals surface area contributed by atoms with Gasteiger partial charge in [0.15, 0.2) is 11.9 Å². The molecule has 0 spiro atoms. The van der Waals surface area contributed by atoms with Crippen LogP contribution in [0.3, 0.4) is 0 Å². The lowest BCUT2D eigenvalue weighted by Gasteiger charge is -2.54. The highest BCUT2D eigenvalue weighted by atomic mass is 19.1. The van der Waals surface area contributed by atoms with Crippen LogP contribution in [0.5, 0.6) is 11.6 Å². The molecule has 2 N–H and O–H groups in total. The molecule has 3 aromatic rings. The number of fused-ring (bicyclic) bond motifs is 3. The second-order valence-corrected chi connectivity index (χ2v) is 10.2. The number of phenols is 1. The number of amides is 1. The molecule has 2 fully saturated rings. The lowest BCUT2D eigenvalue weighted by atomic mass is 9.69. The van der Waals surface area contributed by atoms with Crippen LogP contribution in [0.1, 0.15) is 50.1 Å². The average molecular weight is 469 g/mol. The van der Waals surface area contributed by atoms with Crippen molar-refractivity contribution < 1.29 is 23.4 Å². The molecule has 9 heteroatoms. The Balaban J connectivity index is 1.38. The van der Waals surface area contributed by atoms with E-state index in [9.17, 15) is 9.90 Å². The van der Waals surface area contributed by atoms with E-state index < -0.39 is 17.8 Å². The summed E-state index contributed by atoms with van der Waals surface area (Å²) in [6.07, 6.45) is 1.53. The van der Waals surface area contributed by atoms with Crippen molar-refractivity contribution >= 4 is 16.9 Å². The summed E-state index contributed by atoms with van der Waals surface area (Å²) in [5.74, 6) is 0.132. The number of hydrogen-bond acceptors (Lipinski definition) is 7. The van der Waals surface area contributed by atoms with Crippen LogP contribution in [0.2, 0.25) is 0 Å². The van der Waals surface area contributed by atoms with Crippen LogP contribution < -0.4 is 10.1 Å². The van der Waals surface area contributed by atoms with E-state index in [4.69, 9.17) is 9.15 Å². The highest BCUT2D eigenvalue weighted by molar-refractivity contribution is 5.97. The summed E-state index contributed by atoms with van der Waals surface area (Å²) in [6, 6.07) is 8.03. The van der Waals surface area contributed by atoms with Crippen LogP contribution in [0, 0.1) is 0 Å². The van der Waals surface area contributed by atoms with Gasteiger partial charge in [-0.3, -0.25) is 4.79 Å². The summed E-state index contributed by atoms with van der Waals surface area (Å²) in [6.45, 7) is 4.04. The third-order valence-electron chi connectivity index (χ3n) is 7.04. The maximum absolute atomic E-state index is 15.3. The Morgan fingerprint density at radius 1 is 1.24 bits per heavy atom. The number of alkyl halides is 1. The lowest BCUT2D eigenvalue weighted by Crippen LogP contribution is -2.71. The molecule has 0 aliphatic carbocycles. The van der Waals surface area contributed by atoms with Gasteiger partial charge in [0.2, 0.25) is 5.88 Å². The summed E-state index contributed by atoms with van der Waals surface area (Å²) in [5.41, 5.74) is 0.486. The molecule has 4 heterocycles. The van der Waals surface area contributed by atoms with E-state index in [0.29, 0.717) is 28.6 Å². The molecule has 180 valence electrons. The summed E-state index contributed by atoms with van der Waals surface area (Å²) in [7, 11) is 3.28. The number of aromatic hydroxyl groups is 1. The Morgan fingerprint density at radius 2 is 2.03 bits per heavy atom. The number of piperidine rings is 2. The maximum atomic E-state index is 15.3. The Hall–Kier alpha value is -3.20. The minimum atomic E-state index is -1.16. The molecule has 2 aromatic heterocycles. The fourth-order valence-electron chi connectivity index (χ4n) is 5.37. The van der Waals surface area contributed by atoms with Crippen molar-refractivity contribution in [2.24, 2.45) is 0 Å². The molecule has 2 aliphatic heterocycles. The average Bonchev–Trinajstić information content (AvgIpc) is 3.19. The van der Waals surface area contributed by atoms with Gasteiger partial charge in [-0.05, 0) is 57.4 Å². The largest absolute Gasteiger partial charge is 0.507 e. The van der Waals surface area contributed by atoms with Crippen LogP contribution >= 0.6 is 0 Å². The smallest absolute Gasteiger partial charge is 0.289 e. The summed E-state index contributed by atoms with van der Waals surface area (Å²) < 4.78 is 27.0. The van der Waals surface area contributed by atoms with E-state index in [1.54, 1.807) is 38.4 Å². The van der Waals surface area contributed by atoms with Gasteiger partial charge < -0.3 is 24.5 Å². The first-order valence-electron chi connectivity index (χ1n) is 11.5. The molecule has 5 rings (SSSR count). The van der Waals surface area contributed by atoms with Gasteiger partial charge in [-0.1, -0.05) is 0 Å². The minimum absolute atomic E-state index is 0.0176. The maximum Gasteiger partial charge on any atom is 0.289 e. The SMILES string of the molecule is CN(C)C(=O)c1cc2cc(O)c(-c3ccc(O[C@@H]4C[C@@]5(C)CCC[C@](C)(N5)[C@@H]4F)nn3)cc2o1. The highest BCUT2D eigenvalue weighted by Crippen LogP contribution is 2.42. The molecule has 34 heavy (non-hydrogen) atoms. The highest BCUT2D eigenvalue weighted by Gasteiger charge is 2.53. The van der Waals surface area contributed by atoms with Crippen molar-refractivity contribution in [2.75, 3.05) is 14.1 Å². The topological polar surface area (TPSA) is 101 Å². The number of ether oxygens (including phenoxy) is 1. The van der Waals surface area contributed by atoms with Gasteiger partial charge in [0, 0.05) is 43.1 Å². The van der Waals surface area contributed by atoms with Gasteiger partial charge in [0.1, 0.15) is 17.4 Å². The van der Waals surface area contributed by atoms with E-state index in [2.05, 4.69) is 22.4 Å². The quantitative estimate of drug-likeness (QED) is 0.595. The van der Waals surface area contributed by atoms with Crippen molar-refractivity contribution in [1.82, 2.24) is 20.4 Å². The Kier molecular flexibility index (Phi) is 5.27. The Bertz CT molecular complexity index is 1240. The zero-order valence-corrected chi connectivity index (χ0v) is 19.8. The molecule has 0 saturated carbocycles. The zero-order valence-electron chi connectivity index (χ0n) is 19.8. The number of nitrogens with one attached hydrogen (secondary N) is 1. The van der Waals surface area contributed by atoms with E-state index in [1.807, 2.05) is 6.92 Å². The molecular formula is C25H29FN4O4. The van der Waals surface area contributed by atoms with Crippen molar-refractivity contribution in [3.8, 4) is 22.9 Å². The number of carbonyl (C=O) groups is 1. The number of halogens is 1. The van der Waals surface area contributed by atoms with Gasteiger partial charge in [0.25, 0.3) is 5.91 Å². The standard InChI is InChI=1S/C25H29FN4O4/c1-24-8-5-9-25(2,29-24)22(26)20(13-24)34-21-7-6-16(27-28-21)15-12-18-14(10-17(15)31)11-19(33-18)23(32)30(3)4/h6-7,10-12,20,22,29,31H,5,8-9,13H2,1-4H3/t20-,22-,24-,25+/m1/s1. The number of hydrogen-bond donors (Lipinski definition) is 2. The van der Waals surface area contributed by atoms with Gasteiger partial charge in [-0.2, -0.15) is 0 Å². The minimum Gasteiger partial charge on any atom is -0.507 e. The summed E-state index contributed by atoms with van der Waals surface area (Å²) >= 11 is 0. The van der Waals surface area contributed by atoms with Crippen LogP contribution in [-0.2, 0) is 0 Å². The molecule has 4 atom stereocenters. The fourth-order valence-corrected chi connectivity index (χ4v) is 5.37.